The molecular weight excluding hydrogens is 322 g/mol. The highest BCUT2D eigenvalue weighted by Gasteiger charge is 2.19. The van der Waals surface area contributed by atoms with E-state index in [0.29, 0.717) is 13.0 Å². The molecule has 118 valence electrons. The van der Waals surface area contributed by atoms with Crippen LogP contribution in [-0.4, -0.2) is 37.9 Å². The Balaban J connectivity index is 1.96. The summed E-state index contributed by atoms with van der Waals surface area (Å²) in [4.78, 5) is 17.5. The molecule has 22 heavy (non-hydrogen) atoms. The summed E-state index contributed by atoms with van der Waals surface area (Å²) in [6.45, 7) is 2.25. The van der Waals surface area contributed by atoms with Gasteiger partial charge in [0.25, 0.3) is 10.0 Å². The first kappa shape index (κ1) is 16.4. The van der Waals surface area contributed by atoms with Crippen molar-refractivity contribution in [1.82, 2.24) is 14.6 Å². The van der Waals surface area contributed by atoms with E-state index >= 15 is 0 Å². The van der Waals surface area contributed by atoms with E-state index in [1.165, 1.54) is 28.4 Å². The number of carbonyl (C=O) groups excluding carboxylic acids is 1. The van der Waals surface area contributed by atoms with Gasteiger partial charge in [-0.05, 0) is 19.1 Å². The first-order valence-electron chi connectivity index (χ1n) is 6.61. The lowest BCUT2D eigenvalue weighted by Crippen LogP contribution is -2.41. The number of hydrogen-bond acceptors (Lipinski definition) is 5. The molecule has 6 nitrogen and oxygen atoms in total. The molecule has 2 aromatic rings. The van der Waals surface area contributed by atoms with Crippen LogP contribution in [0.2, 0.25) is 0 Å². The Kier molecular flexibility index (Phi) is 5.15. The maximum absolute atomic E-state index is 12.1. The molecule has 0 aliphatic carbocycles. The third-order valence-corrected chi connectivity index (χ3v) is 5.22. The number of rotatable bonds is 5. The van der Waals surface area contributed by atoms with Crippen LogP contribution in [0.4, 0.5) is 4.79 Å². The van der Waals surface area contributed by atoms with Gasteiger partial charge in [-0.2, -0.15) is 0 Å². The Hall–Kier alpha value is -1.93. The fraction of sp³-hybridized carbons (Fsp3) is 0.286. The maximum Gasteiger partial charge on any atom is 0.331 e. The maximum atomic E-state index is 12.1. The number of nitrogens with zero attached hydrogens (tertiary/aromatic N) is 2. The van der Waals surface area contributed by atoms with Crippen molar-refractivity contribution in [3.63, 3.8) is 0 Å². The van der Waals surface area contributed by atoms with Gasteiger partial charge in [0.15, 0.2) is 0 Å². The SMILES string of the molecule is Cc1ccc(S(=O)(=O)NC(=O)N(C)CCc2nccs2)cc1. The number of sulfonamides is 1. The average Bonchev–Trinajstić information content (AvgIpc) is 2.98. The smallest absolute Gasteiger partial charge is 0.327 e. The molecule has 1 heterocycles. The van der Waals surface area contributed by atoms with Crippen LogP contribution < -0.4 is 4.72 Å². The number of amides is 2. The second-order valence-corrected chi connectivity index (χ2v) is 7.48. The number of benzene rings is 1. The Bertz CT molecular complexity index is 725. The van der Waals surface area contributed by atoms with Crippen LogP contribution in [0, 0.1) is 6.92 Å². The van der Waals surface area contributed by atoms with E-state index in [4.69, 9.17) is 0 Å². The molecule has 0 atom stereocenters. The van der Waals surface area contributed by atoms with Crippen molar-refractivity contribution >= 4 is 27.4 Å². The number of likely N-dealkylation sites (N-methyl/N-ethyl adjacent to an activating group) is 1. The summed E-state index contributed by atoms with van der Waals surface area (Å²) < 4.78 is 26.3. The molecule has 0 saturated carbocycles. The van der Waals surface area contributed by atoms with Gasteiger partial charge in [0.1, 0.15) is 0 Å². The van der Waals surface area contributed by atoms with E-state index in [1.54, 1.807) is 25.4 Å². The van der Waals surface area contributed by atoms with Crippen molar-refractivity contribution in [3.8, 4) is 0 Å². The van der Waals surface area contributed by atoms with Crippen molar-refractivity contribution in [2.75, 3.05) is 13.6 Å². The van der Waals surface area contributed by atoms with E-state index < -0.39 is 16.1 Å². The van der Waals surface area contributed by atoms with E-state index in [9.17, 15) is 13.2 Å². The van der Waals surface area contributed by atoms with Crippen LogP contribution in [0.15, 0.2) is 40.7 Å². The highest BCUT2D eigenvalue weighted by atomic mass is 32.2. The third-order valence-electron chi connectivity index (χ3n) is 3.04. The van der Waals surface area contributed by atoms with Crippen LogP contribution in [0.25, 0.3) is 0 Å². The molecule has 0 aliphatic heterocycles. The number of aryl methyl sites for hydroxylation is 1. The van der Waals surface area contributed by atoms with Crippen LogP contribution in [0.3, 0.4) is 0 Å². The predicted octanol–water partition coefficient (Wildman–Crippen LogP) is 2.02. The van der Waals surface area contributed by atoms with E-state index in [0.717, 1.165) is 10.6 Å². The summed E-state index contributed by atoms with van der Waals surface area (Å²) in [5.41, 5.74) is 0.950. The lowest BCUT2D eigenvalue weighted by atomic mass is 10.2. The van der Waals surface area contributed by atoms with Gasteiger partial charge in [-0.15, -0.1) is 11.3 Å². The van der Waals surface area contributed by atoms with E-state index in [2.05, 4.69) is 9.71 Å². The topological polar surface area (TPSA) is 79.4 Å². The molecule has 1 aromatic carbocycles. The van der Waals surface area contributed by atoms with E-state index in [-0.39, 0.29) is 4.90 Å². The molecule has 0 unspecified atom stereocenters. The molecule has 2 rings (SSSR count). The molecule has 0 fully saturated rings. The molecule has 1 N–H and O–H groups in total. The highest BCUT2D eigenvalue weighted by Crippen LogP contribution is 2.10. The van der Waals surface area contributed by atoms with Gasteiger partial charge < -0.3 is 4.90 Å². The van der Waals surface area contributed by atoms with Crippen LogP contribution in [-0.2, 0) is 16.4 Å². The number of aromatic nitrogens is 1. The Morgan fingerprint density at radius 2 is 2.00 bits per heavy atom. The molecule has 2 amide bonds. The summed E-state index contributed by atoms with van der Waals surface area (Å²) in [5, 5.41) is 2.76. The minimum Gasteiger partial charge on any atom is -0.327 e. The number of carbonyl (C=O) groups is 1. The second-order valence-electron chi connectivity index (χ2n) is 4.82. The molecule has 8 heteroatoms. The molecule has 0 aliphatic rings. The monoisotopic (exact) mass is 339 g/mol. The van der Waals surface area contributed by atoms with Crippen molar-refractivity contribution in [2.45, 2.75) is 18.2 Å². The summed E-state index contributed by atoms with van der Waals surface area (Å²) in [6.07, 6.45) is 2.29. The summed E-state index contributed by atoms with van der Waals surface area (Å²) in [5.74, 6) is 0. The first-order valence-corrected chi connectivity index (χ1v) is 8.98. The third kappa shape index (κ3) is 4.28. The van der Waals surface area contributed by atoms with Crippen LogP contribution in [0.5, 0.6) is 0 Å². The fourth-order valence-electron chi connectivity index (χ4n) is 1.71. The quantitative estimate of drug-likeness (QED) is 0.904. The van der Waals surface area contributed by atoms with Crippen molar-refractivity contribution in [3.05, 3.63) is 46.4 Å². The van der Waals surface area contributed by atoms with Crippen LogP contribution >= 0.6 is 11.3 Å². The Morgan fingerprint density at radius 1 is 1.32 bits per heavy atom. The molecule has 0 radical (unpaired) electrons. The largest absolute Gasteiger partial charge is 0.331 e. The molecular formula is C14H17N3O3S2. The zero-order valence-corrected chi connectivity index (χ0v) is 13.9. The number of hydrogen-bond donors (Lipinski definition) is 1. The predicted molar refractivity (Wildman–Crippen MR) is 85.3 cm³/mol. The van der Waals surface area contributed by atoms with Gasteiger partial charge in [0.2, 0.25) is 0 Å². The van der Waals surface area contributed by atoms with Crippen molar-refractivity contribution in [2.24, 2.45) is 0 Å². The summed E-state index contributed by atoms with van der Waals surface area (Å²) in [7, 11) is -2.30. The Morgan fingerprint density at radius 3 is 2.59 bits per heavy atom. The first-order chi connectivity index (χ1) is 10.4. The highest BCUT2D eigenvalue weighted by molar-refractivity contribution is 7.90. The molecule has 0 bridgehead atoms. The van der Waals surface area contributed by atoms with Crippen molar-refractivity contribution in [1.29, 1.82) is 0 Å². The minimum atomic E-state index is -3.85. The number of urea groups is 1. The standard InChI is InChI=1S/C14H17N3O3S2/c1-11-3-5-12(6-4-11)22(19,20)16-14(18)17(2)9-7-13-15-8-10-21-13/h3-6,8,10H,7,9H2,1-2H3,(H,16,18). The fourth-order valence-corrected chi connectivity index (χ4v) is 3.32. The van der Waals surface area contributed by atoms with Crippen LogP contribution in [0.1, 0.15) is 10.6 Å². The summed E-state index contributed by atoms with van der Waals surface area (Å²) in [6, 6.07) is 5.66. The second kappa shape index (κ2) is 6.89. The van der Waals surface area contributed by atoms with E-state index in [1.807, 2.05) is 12.3 Å². The Labute approximate surface area is 133 Å². The van der Waals surface area contributed by atoms with Gasteiger partial charge in [-0.25, -0.2) is 22.9 Å². The molecule has 1 aromatic heterocycles. The average molecular weight is 339 g/mol. The van der Waals surface area contributed by atoms with Gasteiger partial charge in [0, 0.05) is 31.6 Å². The zero-order chi connectivity index (χ0) is 16.2. The molecule has 0 saturated heterocycles. The van der Waals surface area contributed by atoms with Gasteiger partial charge >= 0.3 is 6.03 Å². The normalized spacial score (nSPS) is 11.2. The minimum absolute atomic E-state index is 0.0692. The van der Waals surface area contributed by atoms with Gasteiger partial charge in [-0.3, -0.25) is 0 Å². The lowest BCUT2D eigenvalue weighted by Gasteiger charge is -2.17. The van der Waals surface area contributed by atoms with Gasteiger partial charge in [-0.1, -0.05) is 17.7 Å². The van der Waals surface area contributed by atoms with Crippen molar-refractivity contribution < 1.29 is 13.2 Å². The number of thiazole rings is 1. The lowest BCUT2D eigenvalue weighted by molar-refractivity contribution is 0.215. The van der Waals surface area contributed by atoms with Gasteiger partial charge in [0.05, 0.1) is 9.90 Å². The zero-order valence-electron chi connectivity index (χ0n) is 12.3. The molecule has 0 spiro atoms. The summed E-state index contributed by atoms with van der Waals surface area (Å²) >= 11 is 1.50. The number of nitrogens with one attached hydrogen (secondary N) is 1.